The SMILES string of the molecule is CCC(C)COCC(C)CC.CCC(CC)(CC)CC.CCC(CC)(CC)COCC(CC)(CC)CC. The Hall–Kier alpha value is -0.0800. The molecule has 0 fully saturated rings. The summed E-state index contributed by atoms with van der Waals surface area (Å²) in [4.78, 5) is 0. The van der Waals surface area contributed by atoms with Crippen LogP contribution in [0.1, 0.15) is 174 Å². The van der Waals surface area contributed by atoms with E-state index in [-0.39, 0.29) is 0 Å². The predicted octanol–water partition coefficient (Wildman–Crippen LogP) is 12.1. The molecule has 0 radical (unpaired) electrons. The minimum Gasteiger partial charge on any atom is -0.381 e. The lowest BCUT2D eigenvalue weighted by atomic mass is 9.78. The van der Waals surface area contributed by atoms with Crippen LogP contribution in [-0.2, 0) is 9.47 Å². The Morgan fingerprint density at radius 2 is 0.622 bits per heavy atom. The Kier molecular flexibility index (Phi) is 27.9. The summed E-state index contributed by atoms with van der Waals surface area (Å²) >= 11 is 0. The Balaban J connectivity index is -0.000000500. The highest BCUT2D eigenvalue weighted by Crippen LogP contribution is 2.35. The van der Waals surface area contributed by atoms with Crippen LogP contribution in [0.2, 0.25) is 0 Å². The minimum absolute atomic E-state index is 0.418. The molecule has 0 spiro atoms. The molecular weight excluding hydrogens is 452 g/mol. The monoisotopic (exact) mass is 529 g/mol. The van der Waals surface area contributed by atoms with Crippen LogP contribution in [0, 0.1) is 28.1 Å². The van der Waals surface area contributed by atoms with E-state index in [0.29, 0.717) is 16.2 Å². The van der Waals surface area contributed by atoms with Crippen LogP contribution >= 0.6 is 0 Å². The molecule has 2 atom stereocenters. The Morgan fingerprint density at radius 3 is 0.784 bits per heavy atom. The maximum absolute atomic E-state index is 6.11. The van der Waals surface area contributed by atoms with Crippen molar-refractivity contribution >= 4 is 0 Å². The maximum atomic E-state index is 6.11. The molecule has 0 heterocycles. The van der Waals surface area contributed by atoms with Gasteiger partial charge >= 0.3 is 0 Å². The molecule has 0 aromatic carbocycles. The highest BCUT2D eigenvalue weighted by atomic mass is 16.5. The summed E-state index contributed by atoms with van der Waals surface area (Å²) in [5, 5.41) is 0. The fourth-order valence-corrected chi connectivity index (χ4v) is 4.80. The normalized spacial score (nSPS) is 13.8. The van der Waals surface area contributed by atoms with Crippen molar-refractivity contribution < 1.29 is 9.47 Å². The Labute approximate surface area is 237 Å². The molecule has 0 aliphatic rings. The zero-order valence-electron chi connectivity index (χ0n) is 28.8. The largest absolute Gasteiger partial charge is 0.381 e. The summed E-state index contributed by atoms with van der Waals surface area (Å²) in [6, 6.07) is 0. The standard InChI is InChI=1S/C16H34O.C10H22O.C9H20/c1-7-15(8-2,9-3)13-17-14-16(10-4,11-5)12-6;1-5-9(3)7-11-8-10(4)6-2;1-5-9(6-2,7-3)8-4/h7-14H2,1-6H3;9-10H,5-8H2,1-4H3;5-8H2,1-4H3. The van der Waals surface area contributed by atoms with Crippen molar-refractivity contribution in [1.29, 1.82) is 0 Å². The summed E-state index contributed by atoms with van der Waals surface area (Å²) < 4.78 is 11.6. The van der Waals surface area contributed by atoms with Crippen LogP contribution in [-0.4, -0.2) is 26.4 Å². The average Bonchev–Trinajstić information content (AvgIpc) is 2.96. The molecule has 0 aromatic heterocycles. The summed E-state index contributed by atoms with van der Waals surface area (Å²) in [5.74, 6) is 1.44. The molecule has 0 aliphatic carbocycles. The molecule has 0 N–H and O–H groups in total. The van der Waals surface area contributed by atoms with E-state index in [1.54, 1.807) is 0 Å². The molecule has 0 saturated heterocycles. The topological polar surface area (TPSA) is 18.5 Å². The van der Waals surface area contributed by atoms with E-state index in [9.17, 15) is 0 Å². The molecule has 0 aliphatic heterocycles. The minimum atomic E-state index is 0.418. The molecule has 0 saturated carbocycles. The fourth-order valence-electron chi connectivity index (χ4n) is 4.80. The van der Waals surface area contributed by atoms with Gasteiger partial charge in [0.05, 0.1) is 13.2 Å². The van der Waals surface area contributed by atoms with Gasteiger partial charge in [0.1, 0.15) is 0 Å². The van der Waals surface area contributed by atoms with E-state index in [0.717, 1.165) is 38.3 Å². The lowest BCUT2D eigenvalue weighted by Crippen LogP contribution is -2.30. The molecule has 0 aromatic rings. The van der Waals surface area contributed by atoms with Crippen LogP contribution in [0.4, 0.5) is 0 Å². The maximum Gasteiger partial charge on any atom is 0.0522 e. The zero-order chi connectivity index (χ0) is 29.4. The van der Waals surface area contributed by atoms with E-state index in [4.69, 9.17) is 9.47 Å². The molecule has 0 rings (SSSR count). The quantitative estimate of drug-likeness (QED) is 0.156. The van der Waals surface area contributed by atoms with Gasteiger partial charge in [-0.3, -0.25) is 0 Å². The molecule has 2 unspecified atom stereocenters. The fraction of sp³-hybridized carbons (Fsp3) is 1.00. The molecule has 0 amide bonds. The van der Waals surface area contributed by atoms with Crippen LogP contribution in [0.25, 0.3) is 0 Å². The van der Waals surface area contributed by atoms with E-state index >= 15 is 0 Å². The third-order valence-electron chi connectivity index (χ3n) is 10.5. The van der Waals surface area contributed by atoms with Gasteiger partial charge in [-0.15, -0.1) is 0 Å². The van der Waals surface area contributed by atoms with Gasteiger partial charge in [0.25, 0.3) is 0 Å². The second-order valence-electron chi connectivity index (χ2n) is 12.1. The van der Waals surface area contributed by atoms with Crippen molar-refractivity contribution in [3.63, 3.8) is 0 Å². The lowest BCUT2D eigenvalue weighted by Gasteiger charge is -2.34. The summed E-state index contributed by atoms with van der Waals surface area (Å²) in [6.07, 6.45) is 15.2. The highest BCUT2D eigenvalue weighted by molar-refractivity contribution is 4.78. The molecule has 228 valence electrons. The molecule has 37 heavy (non-hydrogen) atoms. The van der Waals surface area contributed by atoms with Gasteiger partial charge in [-0.25, -0.2) is 0 Å². The first-order valence-corrected chi connectivity index (χ1v) is 16.7. The van der Waals surface area contributed by atoms with Gasteiger partial charge < -0.3 is 9.47 Å². The van der Waals surface area contributed by atoms with E-state index in [1.807, 2.05) is 0 Å². The number of hydrogen-bond donors (Lipinski definition) is 0. The van der Waals surface area contributed by atoms with Crippen LogP contribution < -0.4 is 0 Å². The van der Waals surface area contributed by atoms with Crippen LogP contribution in [0.3, 0.4) is 0 Å². The third kappa shape index (κ3) is 18.0. The van der Waals surface area contributed by atoms with E-state index < -0.39 is 0 Å². The highest BCUT2D eigenvalue weighted by Gasteiger charge is 2.28. The first-order valence-electron chi connectivity index (χ1n) is 16.7. The van der Waals surface area contributed by atoms with Crippen molar-refractivity contribution in [2.75, 3.05) is 26.4 Å². The smallest absolute Gasteiger partial charge is 0.0522 e. The van der Waals surface area contributed by atoms with Crippen molar-refractivity contribution in [2.24, 2.45) is 28.1 Å². The van der Waals surface area contributed by atoms with Gasteiger partial charge in [-0.2, -0.15) is 0 Å². The zero-order valence-corrected chi connectivity index (χ0v) is 28.8. The Bertz CT molecular complexity index is 382. The summed E-state index contributed by atoms with van der Waals surface area (Å²) in [6.45, 7) is 35.6. The van der Waals surface area contributed by atoms with E-state index in [2.05, 4.69) is 96.9 Å². The predicted molar refractivity (Wildman–Crippen MR) is 171 cm³/mol. The second kappa shape index (κ2) is 24.9. The van der Waals surface area contributed by atoms with Gasteiger partial charge in [0, 0.05) is 13.2 Å². The number of ether oxygens (including phenoxy) is 2. The van der Waals surface area contributed by atoms with E-state index in [1.165, 1.54) is 77.0 Å². The van der Waals surface area contributed by atoms with Gasteiger partial charge in [0.2, 0.25) is 0 Å². The molecule has 2 heteroatoms. The molecular formula is C35H76O2. The second-order valence-corrected chi connectivity index (χ2v) is 12.1. The van der Waals surface area contributed by atoms with Crippen LogP contribution in [0.15, 0.2) is 0 Å². The van der Waals surface area contributed by atoms with Crippen molar-refractivity contribution in [3.8, 4) is 0 Å². The van der Waals surface area contributed by atoms with Gasteiger partial charge in [-0.1, -0.05) is 135 Å². The van der Waals surface area contributed by atoms with Crippen molar-refractivity contribution in [1.82, 2.24) is 0 Å². The summed E-state index contributed by atoms with van der Waals surface area (Å²) in [5.41, 5.74) is 1.50. The Morgan fingerprint density at radius 1 is 0.378 bits per heavy atom. The number of hydrogen-bond acceptors (Lipinski definition) is 2. The third-order valence-corrected chi connectivity index (χ3v) is 10.5. The number of rotatable bonds is 20. The summed E-state index contributed by atoms with van der Waals surface area (Å²) in [7, 11) is 0. The van der Waals surface area contributed by atoms with Gasteiger partial charge in [0.15, 0.2) is 0 Å². The van der Waals surface area contributed by atoms with Gasteiger partial charge in [-0.05, 0) is 66.6 Å². The molecule has 2 nitrogen and oxygen atoms in total. The van der Waals surface area contributed by atoms with Crippen molar-refractivity contribution in [3.05, 3.63) is 0 Å². The average molecular weight is 529 g/mol. The lowest BCUT2D eigenvalue weighted by molar-refractivity contribution is -0.0181. The first kappa shape index (κ1) is 41.4. The molecule has 0 bridgehead atoms. The van der Waals surface area contributed by atoms with Crippen molar-refractivity contribution in [2.45, 2.75) is 174 Å². The van der Waals surface area contributed by atoms with Crippen LogP contribution in [0.5, 0.6) is 0 Å². The first-order chi connectivity index (χ1) is 17.5.